The molecule has 0 radical (unpaired) electrons. The lowest BCUT2D eigenvalue weighted by Crippen LogP contribution is -2.37. The lowest BCUT2D eigenvalue weighted by atomic mass is 10.1. The van der Waals surface area contributed by atoms with E-state index in [1.54, 1.807) is 48.5 Å². The first kappa shape index (κ1) is 18.5. The molecule has 0 aliphatic heterocycles. The average molecular weight is 360 g/mol. The molecular formula is C18H18ClN3O3. The van der Waals surface area contributed by atoms with Gasteiger partial charge in [0.15, 0.2) is 5.78 Å². The number of carbonyl (C=O) groups is 3. The van der Waals surface area contributed by atoms with Gasteiger partial charge in [-0.15, -0.1) is 0 Å². The molecule has 0 spiro atoms. The summed E-state index contributed by atoms with van der Waals surface area (Å²) in [6.07, 6.45) is 0. The minimum absolute atomic E-state index is 0.0484. The summed E-state index contributed by atoms with van der Waals surface area (Å²) in [6.45, 7) is 1.35. The summed E-state index contributed by atoms with van der Waals surface area (Å²) in [7, 11) is 1.51. The Labute approximate surface area is 150 Å². The van der Waals surface area contributed by atoms with Crippen molar-refractivity contribution in [2.24, 2.45) is 0 Å². The number of likely N-dealkylation sites (N-methyl/N-ethyl adjacent to an activating group) is 1. The molecule has 0 aliphatic rings. The summed E-state index contributed by atoms with van der Waals surface area (Å²) in [5.74, 6) is -0.389. The Morgan fingerprint density at radius 3 is 2.28 bits per heavy atom. The van der Waals surface area contributed by atoms with Crippen LogP contribution in [0.2, 0.25) is 5.02 Å². The van der Waals surface area contributed by atoms with Crippen LogP contribution in [0.15, 0.2) is 48.5 Å². The fourth-order valence-corrected chi connectivity index (χ4v) is 2.25. The SMILES string of the molecule is CC(=O)c1ccc(NC(=O)N(C)CC(=O)Nc2cccc(Cl)c2)cc1. The molecule has 0 bridgehead atoms. The highest BCUT2D eigenvalue weighted by Crippen LogP contribution is 2.15. The molecule has 0 heterocycles. The highest BCUT2D eigenvalue weighted by atomic mass is 35.5. The van der Waals surface area contributed by atoms with E-state index in [0.717, 1.165) is 0 Å². The van der Waals surface area contributed by atoms with Crippen molar-refractivity contribution >= 4 is 40.7 Å². The Bertz CT molecular complexity index is 790. The summed E-state index contributed by atoms with van der Waals surface area (Å²) in [4.78, 5) is 36.6. The largest absolute Gasteiger partial charge is 0.324 e. The lowest BCUT2D eigenvalue weighted by Gasteiger charge is -2.17. The highest BCUT2D eigenvalue weighted by Gasteiger charge is 2.13. The molecule has 130 valence electrons. The number of benzene rings is 2. The Kier molecular flexibility index (Phi) is 6.14. The van der Waals surface area contributed by atoms with Crippen molar-refractivity contribution in [3.8, 4) is 0 Å². The summed E-state index contributed by atoms with van der Waals surface area (Å²) in [5, 5.41) is 5.84. The highest BCUT2D eigenvalue weighted by molar-refractivity contribution is 6.30. The molecule has 0 saturated heterocycles. The van der Waals surface area contributed by atoms with Gasteiger partial charge in [0.1, 0.15) is 6.54 Å². The number of nitrogens with zero attached hydrogens (tertiary/aromatic N) is 1. The second-order valence-corrected chi connectivity index (χ2v) is 5.91. The Morgan fingerprint density at radius 2 is 1.68 bits per heavy atom. The molecule has 0 fully saturated rings. The molecule has 3 amide bonds. The Balaban J connectivity index is 1.88. The lowest BCUT2D eigenvalue weighted by molar-refractivity contribution is -0.116. The van der Waals surface area contributed by atoms with Crippen molar-refractivity contribution in [3.63, 3.8) is 0 Å². The van der Waals surface area contributed by atoms with Gasteiger partial charge in [0.05, 0.1) is 0 Å². The maximum absolute atomic E-state index is 12.1. The summed E-state index contributed by atoms with van der Waals surface area (Å²) >= 11 is 5.86. The molecule has 0 aromatic heterocycles. The van der Waals surface area contributed by atoms with Gasteiger partial charge in [-0.05, 0) is 49.4 Å². The van der Waals surface area contributed by atoms with Crippen LogP contribution in [0.25, 0.3) is 0 Å². The number of ketones is 1. The fourth-order valence-electron chi connectivity index (χ4n) is 2.06. The van der Waals surface area contributed by atoms with E-state index in [4.69, 9.17) is 11.6 Å². The zero-order chi connectivity index (χ0) is 18.4. The molecule has 0 atom stereocenters. The molecule has 0 unspecified atom stereocenters. The van der Waals surface area contributed by atoms with Crippen molar-refractivity contribution in [2.75, 3.05) is 24.2 Å². The van der Waals surface area contributed by atoms with Gasteiger partial charge in [-0.3, -0.25) is 9.59 Å². The smallest absolute Gasteiger partial charge is 0.322 e. The quantitative estimate of drug-likeness (QED) is 0.800. The zero-order valence-corrected chi connectivity index (χ0v) is 14.6. The van der Waals surface area contributed by atoms with Crippen molar-refractivity contribution in [1.29, 1.82) is 0 Å². The van der Waals surface area contributed by atoms with Gasteiger partial charge in [-0.2, -0.15) is 0 Å². The van der Waals surface area contributed by atoms with E-state index >= 15 is 0 Å². The standard InChI is InChI=1S/C18H18ClN3O3/c1-12(23)13-6-8-15(9-7-13)21-18(25)22(2)11-17(24)20-16-5-3-4-14(19)10-16/h3-10H,11H2,1-2H3,(H,20,24)(H,21,25). The van der Waals surface area contributed by atoms with Crippen molar-refractivity contribution in [1.82, 2.24) is 4.90 Å². The van der Waals surface area contributed by atoms with Crippen LogP contribution in [-0.2, 0) is 4.79 Å². The topological polar surface area (TPSA) is 78.5 Å². The summed E-state index contributed by atoms with van der Waals surface area (Å²) < 4.78 is 0. The Morgan fingerprint density at radius 1 is 1.00 bits per heavy atom. The molecule has 0 aliphatic carbocycles. The maximum atomic E-state index is 12.1. The first-order valence-electron chi connectivity index (χ1n) is 7.53. The predicted octanol–water partition coefficient (Wildman–Crippen LogP) is 3.65. The van der Waals surface area contributed by atoms with Crippen LogP contribution in [0.1, 0.15) is 17.3 Å². The third-order valence-electron chi connectivity index (χ3n) is 3.38. The number of rotatable bonds is 5. The van der Waals surface area contributed by atoms with E-state index in [-0.39, 0.29) is 18.2 Å². The molecule has 2 rings (SSSR count). The third-order valence-corrected chi connectivity index (χ3v) is 3.61. The molecule has 6 nitrogen and oxygen atoms in total. The molecule has 7 heteroatoms. The van der Waals surface area contributed by atoms with Crippen LogP contribution < -0.4 is 10.6 Å². The van der Waals surface area contributed by atoms with E-state index in [0.29, 0.717) is 22.0 Å². The number of halogens is 1. The second kappa shape index (κ2) is 8.30. The van der Waals surface area contributed by atoms with Crippen LogP contribution in [-0.4, -0.2) is 36.2 Å². The molecular weight excluding hydrogens is 342 g/mol. The monoisotopic (exact) mass is 359 g/mol. The molecule has 25 heavy (non-hydrogen) atoms. The van der Waals surface area contributed by atoms with Gasteiger partial charge in [-0.1, -0.05) is 17.7 Å². The molecule has 2 N–H and O–H groups in total. The number of nitrogens with one attached hydrogen (secondary N) is 2. The first-order chi connectivity index (χ1) is 11.8. The van der Waals surface area contributed by atoms with Gasteiger partial charge in [0.25, 0.3) is 0 Å². The Hall–Kier alpha value is -2.86. The first-order valence-corrected chi connectivity index (χ1v) is 7.91. The zero-order valence-electron chi connectivity index (χ0n) is 13.9. The number of hydrogen-bond acceptors (Lipinski definition) is 3. The minimum Gasteiger partial charge on any atom is -0.324 e. The summed E-state index contributed by atoms with van der Waals surface area (Å²) in [5.41, 5.74) is 1.66. The van der Waals surface area contributed by atoms with E-state index in [2.05, 4.69) is 10.6 Å². The number of hydrogen-bond donors (Lipinski definition) is 2. The average Bonchev–Trinajstić information content (AvgIpc) is 2.55. The van der Waals surface area contributed by atoms with Gasteiger partial charge in [0.2, 0.25) is 5.91 Å². The minimum atomic E-state index is -0.434. The number of amides is 3. The van der Waals surface area contributed by atoms with Crippen molar-refractivity contribution in [2.45, 2.75) is 6.92 Å². The third kappa shape index (κ3) is 5.61. The van der Waals surface area contributed by atoms with E-state index in [1.807, 2.05) is 0 Å². The number of anilines is 2. The number of carbonyl (C=O) groups excluding carboxylic acids is 3. The molecule has 2 aromatic carbocycles. The van der Waals surface area contributed by atoms with Gasteiger partial charge in [0, 0.05) is 29.0 Å². The van der Waals surface area contributed by atoms with Crippen LogP contribution in [0.4, 0.5) is 16.2 Å². The van der Waals surface area contributed by atoms with Crippen LogP contribution in [0, 0.1) is 0 Å². The van der Waals surface area contributed by atoms with E-state index < -0.39 is 6.03 Å². The van der Waals surface area contributed by atoms with Crippen LogP contribution in [0.5, 0.6) is 0 Å². The van der Waals surface area contributed by atoms with Gasteiger partial charge < -0.3 is 15.5 Å². The second-order valence-electron chi connectivity index (χ2n) is 5.48. The van der Waals surface area contributed by atoms with Gasteiger partial charge >= 0.3 is 6.03 Å². The van der Waals surface area contributed by atoms with E-state index in [1.165, 1.54) is 18.9 Å². The van der Waals surface area contributed by atoms with Crippen LogP contribution >= 0.6 is 11.6 Å². The fraction of sp³-hybridized carbons (Fsp3) is 0.167. The molecule has 0 saturated carbocycles. The van der Waals surface area contributed by atoms with Gasteiger partial charge in [-0.25, -0.2) is 4.79 Å². The maximum Gasteiger partial charge on any atom is 0.322 e. The van der Waals surface area contributed by atoms with Crippen LogP contribution in [0.3, 0.4) is 0 Å². The molecule has 2 aromatic rings. The normalized spacial score (nSPS) is 10.0. The predicted molar refractivity (Wildman–Crippen MR) is 98.2 cm³/mol. The number of Topliss-reactive ketones (excluding diaryl/α,β-unsaturated/α-hetero) is 1. The van der Waals surface area contributed by atoms with E-state index in [9.17, 15) is 14.4 Å². The van der Waals surface area contributed by atoms with Crippen molar-refractivity contribution in [3.05, 3.63) is 59.1 Å². The number of urea groups is 1. The van der Waals surface area contributed by atoms with Crippen molar-refractivity contribution < 1.29 is 14.4 Å². The summed E-state index contributed by atoms with van der Waals surface area (Å²) in [6, 6.07) is 12.8.